The highest BCUT2D eigenvalue weighted by molar-refractivity contribution is 9.10. The molecule has 0 N–H and O–H groups in total. The van der Waals surface area contributed by atoms with E-state index in [2.05, 4.69) is 43.9 Å². The van der Waals surface area contributed by atoms with Crippen molar-refractivity contribution in [3.8, 4) is 0 Å². The molecule has 0 aliphatic heterocycles. The summed E-state index contributed by atoms with van der Waals surface area (Å²) in [6.07, 6.45) is 4.51. The summed E-state index contributed by atoms with van der Waals surface area (Å²) in [5.74, 6) is 0. The molecule has 1 aliphatic rings. The molecule has 1 aromatic heterocycles. The molecule has 2 aromatic rings. The Hall–Kier alpha value is -0.830. The summed E-state index contributed by atoms with van der Waals surface area (Å²) in [5, 5.41) is 5.63. The Bertz CT molecular complexity index is 457. The third kappa shape index (κ3) is 1.18. The van der Waals surface area contributed by atoms with Crippen LogP contribution in [-0.4, -0.2) is 9.78 Å². The van der Waals surface area contributed by atoms with Gasteiger partial charge in [-0.05, 0) is 25.0 Å². The van der Waals surface area contributed by atoms with Crippen molar-refractivity contribution in [3.05, 3.63) is 28.9 Å². The SMILES string of the molecule is Brc1ccc2cnn(C3CC3)c2c1. The first-order valence-corrected chi connectivity index (χ1v) is 5.27. The quantitative estimate of drug-likeness (QED) is 0.744. The fourth-order valence-electron chi connectivity index (χ4n) is 1.62. The van der Waals surface area contributed by atoms with Crippen LogP contribution in [-0.2, 0) is 0 Å². The van der Waals surface area contributed by atoms with Crippen molar-refractivity contribution in [3.63, 3.8) is 0 Å². The molecule has 2 nitrogen and oxygen atoms in total. The number of hydrogen-bond donors (Lipinski definition) is 0. The lowest BCUT2D eigenvalue weighted by Crippen LogP contribution is -1.94. The maximum absolute atomic E-state index is 4.39. The summed E-state index contributed by atoms with van der Waals surface area (Å²) in [4.78, 5) is 0. The molecule has 1 heterocycles. The van der Waals surface area contributed by atoms with Crippen molar-refractivity contribution in [1.29, 1.82) is 0 Å². The summed E-state index contributed by atoms with van der Waals surface area (Å²) in [6.45, 7) is 0. The van der Waals surface area contributed by atoms with Gasteiger partial charge in [-0.2, -0.15) is 5.10 Å². The molecular weight excluding hydrogens is 228 g/mol. The molecule has 3 rings (SSSR count). The number of nitrogens with zero attached hydrogens (tertiary/aromatic N) is 2. The molecule has 0 saturated heterocycles. The number of halogens is 1. The van der Waals surface area contributed by atoms with Crippen LogP contribution in [0.3, 0.4) is 0 Å². The molecule has 0 unspecified atom stereocenters. The topological polar surface area (TPSA) is 17.8 Å². The fourth-order valence-corrected chi connectivity index (χ4v) is 1.97. The average molecular weight is 237 g/mol. The fraction of sp³-hybridized carbons (Fsp3) is 0.300. The van der Waals surface area contributed by atoms with Crippen LogP contribution in [0.1, 0.15) is 18.9 Å². The molecule has 66 valence electrons. The Kier molecular flexibility index (Phi) is 1.50. The van der Waals surface area contributed by atoms with Gasteiger partial charge in [-0.15, -0.1) is 0 Å². The van der Waals surface area contributed by atoms with E-state index in [-0.39, 0.29) is 0 Å². The highest BCUT2D eigenvalue weighted by Gasteiger charge is 2.25. The molecule has 0 radical (unpaired) electrons. The van der Waals surface area contributed by atoms with Crippen molar-refractivity contribution in [2.24, 2.45) is 0 Å². The number of hydrogen-bond acceptors (Lipinski definition) is 1. The van der Waals surface area contributed by atoms with Crippen molar-refractivity contribution in [1.82, 2.24) is 9.78 Å². The maximum atomic E-state index is 4.39. The van der Waals surface area contributed by atoms with E-state index in [0.29, 0.717) is 6.04 Å². The Morgan fingerprint density at radius 1 is 1.38 bits per heavy atom. The zero-order valence-corrected chi connectivity index (χ0v) is 8.66. The first kappa shape index (κ1) is 7.56. The summed E-state index contributed by atoms with van der Waals surface area (Å²) < 4.78 is 3.27. The third-order valence-corrected chi connectivity index (χ3v) is 2.95. The van der Waals surface area contributed by atoms with Gasteiger partial charge in [0.2, 0.25) is 0 Å². The Morgan fingerprint density at radius 2 is 2.23 bits per heavy atom. The van der Waals surface area contributed by atoms with Gasteiger partial charge in [-0.1, -0.05) is 22.0 Å². The minimum Gasteiger partial charge on any atom is -0.262 e. The van der Waals surface area contributed by atoms with Crippen LogP contribution in [0, 0.1) is 0 Å². The van der Waals surface area contributed by atoms with E-state index in [0.717, 1.165) is 4.47 Å². The maximum Gasteiger partial charge on any atom is 0.0696 e. The molecule has 0 amide bonds. The molecule has 0 bridgehead atoms. The van der Waals surface area contributed by atoms with Crippen molar-refractivity contribution >= 4 is 26.8 Å². The Balaban J connectivity index is 2.29. The van der Waals surface area contributed by atoms with E-state index >= 15 is 0 Å². The van der Waals surface area contributed by atoms with Gasteiger partial charge < -0.3 is 0 Å². The number of benzene rings is 1. The van der Waals surface area contributed by atoms with Crippen LogP contribution in [0.5, 0.6) is 0 Å². The molecule has 0 spiro atoms. The van der Waals surface area contributed by atoms with Gasteiger partial charge in [0, 0.05) is 9.86 Å². The monoisotopic (exact) mass is 236 g/mol. The molecule has 1 aromatic carbocycles. The second-order valence-corrected chi connectivity index (χ2v) is 4.44. The van der Waals surface area contributed by atoms with E-state index < -0.39 is 0 Å². The van der Waals surface area contributed by atoms with Gasteiger partial charge in [0.15, 0.2) is 0 Å². The van der Waals surface area contributed by atoms with Crippen LogP contribution in [0.4, 0.5) is 0 Å². The number of rotatable bonds is 1. The van der Waals surface area contributed by atoms with Gasteiger partial charge in [0.05, 0.1) is 17.8 Å². The summed E-state index contributed by atoms with van der Waals surface area (Å²) in [7, 11) is 0. The predicted molar refractivity (Wildman–Crippen MR) is 55.7 cm³/mol. The van der Waals surface area contributed by atoms with Gasteiger partial charge in [0.25, 0.3) is 0 Å². The lowest BCUT2D eigenvalue weighted by atomic mass is 10.2. The van der Waals surface area contributed by atoms with Crippen LogP contribution >= 0.6 is 15.9 Å². The first-order valence-electron chi connectivity index (χ1n) is 4.47. The lowest BCUT2D eigenvalue weighted by Gasteiger charge is -1.99. The van der Waals surface area contributed by atoms with Gasteiger partial charge in [-0.25, -0.2) is 0 Å². The van der Waals surface area contributed by atoms with Crippen LogP contribution in [0.25, 0.3) is 10.9 Å². The van der Waals surface area contributed by atoms with Crippen molar-refractivity contribution in [2.75, 3.05) is 0 Å². The van der Waals surface area contributed by atoms with Gasteiger partial charge in [0.1, 0.15) is 0 Å². The van der Waals surface area contributed by atoms with E-state index in [9.17, 15) is 0 Å². The molecule has 1 fully saturated rings. The summed E-state index contributed by atoms with van der Waals surface area (Å²) >= 11 is 3.48. The van der Waals surface area contributed by atoms with Crippen LogP contribution in [0.2, 0.25) is 0 Å². The smallest absolute Gasteiger partial charge is 0.0696 e. The molecule has 3 heteroatoms. The number of aromatic nitrogens is 2. The summed E-state index contributed by atoms with van der Waals surface area (Å²) in [6, 6.07) is 6.96. The highest BCUT2D eigenvalue weighted by atomic mass is 79.9. The van der Waals surface area contributed by atoms with E-state index in [1.807, 2.05) is 6.20 Å². The molecule has 1 aliphatic carbocycles. The average Bonchev–Trinajstić information content (AvgIpc) is 2.87. The van der Waals surface area contributed by atoms with E-state index in [4.69, 9.17) is 0 Å². The highest BCUT2D eigenvalue weighted by Crippen LogP contribution is 2.36. The van der Waals surface area contributed by atoms with Crippen LogP contribution < -0.4 is 0 Å². The molecule has 0 atom stereocenters. The first-order chi connectivity index (χ1) is 6.34. The second kappa shape index (κ2) is 2.58. The van der Waals surface area contributed by atoms with Crippen LogP contribution in [0.15, 0.2) is 28.9 Å². The minimum absolute atomic E-state index is 0.659. The normalized spacial score (nSPS) is 16.7. The largest absolute Gasteiger partial charge is 0.262 e. The Morgan fingerprint density at radius 3 is 3.00 bits per heavy atom. The van der Waals surface area contributed by atoms with Gasteiger partial charge >= 0.3 is 0 Å². The van der Waals surface area contributed by atoms with Crippen molar-refractivity contribution < 1.29 is 0 Å². The third-order valence-electron chi connectivity index (χ3n) is 2.45. The Labute approximate surface area is 84.7 Å². The molecule has 13 heavy (non-hydrogen) atoms. The number of fused-ring (bicyclic) bond motifs is 1. The predicted octanol–water partition coefficient (Wildman–Crippen LogP) is 3.13. The van der Waals surface area contributed by atoms with E-state index in [1.54, 1.807) is 0 Å². The van der Waals surface area contributed by atoms with Gasteiger partial charge in [-0.3, -0.25) is 4.68 Å². The zero-order chi connectivity index (χ0) is 8.84. The molecular formula is C10H9BrN2. The minimum atomic E-state index is 0.659. The van der Waals surface area contributed by atoms with E-state index in [1.165, 1.54) is 23.7 Å². The molecule has 1 saturated carbocycles. The second-order valence-electron chi connectivity index (χ2n) is 3.52. The summed E-state index contributed by atoms with van der Waals surface area (Å²) in [5.41, 5.74) is 1.25. The van der Waals surface area contributed by atoms with Crippen molar-refractivity contribution in [2.45, 2.75) is 18.9 Å². The lowest BCUT2D eigenvalue weighted by molar-refractivity contribution is 0.665. The zero-order valence-electron chi connectivity index (χ0n) is 7.07. The standard InChI is InChI=1S/C10H9BrN2/c11-8-2-1-7-6-12-13(9-3-4-9)10(7)5-8/h1-2,5-6,9H,3-4H2.